The molecule has 0 aliphatic carbocycles. The number of hydrogen-bond donors (Lipinski definition) is 1. The molecule has 0 saturated carbocycles. The SMILES string of the molecule is Bc1ccc2c(N3C[C@H](CN4CCN(c5ccc(N6C[C@H](N)[C@@H](F)C6)nc5)CC4)O[C@H](C)C3)ccc(C#N)c2n1. The second-order valence-electron chi connectivity index (χ2n) is 11.3. The Morgan fingerprint density at radius 2 is 1.85 bits per heavy atom. The lowest BCUT2D eigenvalue weighted by atomic mass is 10.00. The van der Waals surface area contributed by atoms with Crippen molar-refractivity contribution < 1.29 is 9.13 Å². The van der Waals surface area contributed by atoms with Crippen molar-refractivity contribution in [2.45, 2.75) is 31.3 Å². The first-order valence-corrected chi connectivity index (χ1v) is 14.2. The van der Waals surface area contributed by atoms with Crippen LogP contribution >= 0.6 is 0 Å². The highest BCUT2D eigenvalue weighted by Gasteiger charge is 2.31. The molecule has 0 radical (unpaired) electrons. The number of alkyl halides is 1. The van der Waals surface area contributed by atoms with E-state index in [1.54, 1.807) is 0 Å². The summed E-state index contributed by atoms with van der Waals surface area (Å²) in [7, 11) is 1.96. The Hall–Kier alpha value is -3.46. The number of fused-ring (bicyclic) bond motifs is 1. The normalized spacial score (nSPS) is 25.9. The third-order valence-corrected chi connectivity index (χ3v) is 8.31. The lowest BCUT2D eigenvalue weighted by Gasteiger charge is -2.42. The number of pyridine rings is 2. The summed E-state index contributed by atoms with van der Waals surface area (Å²) in [5.41, 5.74) is 10.3. The van der Waals surface area contributed by atoms with Gasteiger partial charge in [0.2, 0.25) is 0 Å². The van der Waals surface area contributed by atoms with E-state index in [1.165, 1.54) is 0 Å². The minimum absolute atomic E-state index is 0.0894. The Bertz CT molecular complexity index is 1380. The predicted molar refractivity (Wildman–Crippen MR) is 159 cm³/mol. The maximum atomic E-state index is 13.8. The molecule has 2 aromatic heterocycles. The molecule has 208 valence electrons. The van der Waals surface area contributed by atoms with Gasteiger partial charge in [0.15, 0.2) is 7.85 Å². The fourth-order valence-electron chi connectivity index (χ4n) is 6.21. The largest absolute Gasteiger partial charge is 0.370 e. The summed E-state index contributed by atoms with van der Waals surface area (Å²) < 4.78 is 20.2. The molecular formula is C29H36BFN8O. The van der Waals surface area contributed by atoms with Gasteiger partial charge in [0.05, 0.1) is 47.8 Å². The Morgan fingerprint density at radius 1 is 1.02 bits per heavy atom. The zero-order valence-electron chi connectivity index (χ0n) is 23.2. The maximum Gasteiger partial charge on any atom is 0.163 e. The summed E-state index contributed by atoms with van der Waals surface area (Å²) >= 11 is 0. The van der Waals surface area contributed by atoms with E-state index in [-0.39, 0.29) is 12.2 Å². The van der Waals surface area contributed by atoms with Gasteiger partial charge in [0.25, 0.3) is 0 Å². The quantitative estimate of drug-likeness (QED) is 0.467. The molecule has 3 aliphatic heterocycles. The molecule has 2 N–H and O–H groups in total. The second-order valence-corrected chi connectivity index (χ2v) is 11.3. The van der Waals surface area contributed by atoms with Crippen LogP contribution in [-0.2, 0) is 4.74 Å². The standard InChI is InChI=1S/C29H36BFN8O/c1-19-14-38(26-5-2-20(12-32)29-23(26)4-6-27(30)35-29)16-22(40-19)15-36-8-10-37(11-9-36)21-3-7-28(34-13-21)39-17-24(31)25(33)18-39/h2-7,13,19,22,24-25H,8-11,14-18,30,33H2,1H3/t19-,22+,24+,25+/m1/s1. The van der Waals surface area contributed by atoms with Gasteiger partial charge >= 0.3 is 0 Å². The van der Waals surface area contributed by atoms with Crippen LogP contribution < -0.4 is 26.0 Å². The summed E-state index contributed by atoms with van der Waals surface area (Å²) in [5.74, 6) is 0.784. The van der Waals surface area contributed by atoms with Gasteiger partial charge in [0, 0.05) is 63.4 Å². The van der Waals surface area contributed by atoms with E-state index in [2.05, 4.69) is 55.9 Å². The van der Waals surface area contributed by atoms with Crippen molar-refractivity contribution in [1.29, 1.82) is 5.26 Å². The summed E-state index contributed by atoms with van der Waals surface area (Å²) in [6, 6.07) is 13.9. The van der Waals surface area contributed by atoms with Gasteiger partial charge in [-0.3, -0.25) is 9.88 Å². The van der Waals surface area contributed by atoms with Gasteiger partial charge in [-0.15, -0.1) is 0 Å². The van der Waals surface area contributed by atoms with Crippen molar-refractivity contribution >= 4 is 41.5 Å². The van der Waals surface area contributed by atoms with E-state index in [0.717, 1.165) is 79.5 Å². The first-order chi connectivity index (χ1) is 19.4. The molecule has 4 atom stereocenters. The van der Waals surface area contributed by atoms with Gasteiger partial charge in [-0.05, 0) is 42.8 Å². The molecule has 6 rings (SSSR count). The molecular weight excluding hydrogens is 506 g/mol. The van der Waals surface area contributed by atoms with Gasteiger partial charge in [-0.2, -0.15) is 5.26 Å². The van der Waals surface area contributed by atoms with E-state index >= 15 is 0 Å². The Kier molecular flexibility index (Phi) is 7.49. The molecule has 3 fully saturated rings. The number of morpholine rings is 1. The van der Waals surface area contributed by atoms with Crippen LogP contribution in [0, 0.1) is 11.3 Å². The first kappa shape index (κ1) is 26.8. The summed E-state index contributed by atoms with van der Waals surface area (Å²) in [4.78, 5) is 18.4. The van der Waals surface area contributed by atoms with Crippen molar-refractivity contribution in [3.05, 3.63) is 48.2 Å². The number of rotatable bonds is 5. The van der Waals surface area contributed by atoms with E-state index in [1.807, 2.05) is 37.1 Å². The Balaban J connectivity index is 1.07. The minimum atomic E-state index is -0.998. The lowest BCUT2D eigenvalue weighted by Crippen LogP contribution is -2.54. The molecule has 3 saturated heterocycles. The zero-order chi connectivity index (χ0) is 27.8. The number of hydrogen-bond acceptors (Lipinski definition) is 9. The van der Waals surface area contributed by atoms with E-state index in [4.69, 9.17) is 10.5 Å². The fraction of sp³-hybridized carbons (Fsp3) is 0.483. The molecule has 5 heterocycles. The predicted octanol–water partition coefficient (Wildman–Crippen LogP) is 0.661. The van der Waals surface area contributed by atoms with Gasteiger partial charge in [-0.1, -0.05) is 6.07 Å². The average Bonchev–Trinajstić information content (AvgIpc) is 3.30. The molecule has 40 heavy (non-hydrogen) atoms. The summed E-state index contributed by atoms with van der Waals surface area (Å²) in [6.07, 6.45) is 1.09. The number of nitriles is 1. The molecule has 3 aromatic rings. The Morgan fingerprint density at radius 3 is 2.55 bits per heavy atom. The molecule has 0 unspecified atom stereocenters. The maximum absolute atomic E-state index is 13.8. The lowest BCUT2D eigenvalue weighted by molar-refractivity contribution is -0.0327. The van der Waals surface area contributed by atoms with E-state index in [0.29, 0.717) is 18.7 Å². The fourth-order valence-corrected chi connectivity index (χ4v) is 6.21. The molecule has 11 heteroatoms. The van der Waals surface area contributed by atoms with Crippen LogP contribution in [0.2, 0.25) is 0 Å². The Labute approximate surface area is 235 Å². The van der Waals surface area contributed by atoms with Crippen LogP contribution in [0.5, 0.6) is 0 Å². The van der Waals surface area contributed by atoms with Crippen molar-refractivity contribution in [3.63, 3.8) is 0 Å². The number of aromatic nitrogens is 2. The van der Waals surface area contributed by atoms with Gasteiger partial charge in [0.1, 0.15) is 18.1 Å². The number of nitrogens with zero attached hydrogens (tertiary/aromatic N) is 7. The summed E-state index contributed by atoms with van der Waals surface area (Å²) in [5, 5.41) is 10.6. The van der Waals surface area contributed by atoms with Crippen LogP contribution in [0.3, 0.4) is 0 Å². The smallest absolute Gasteiger partial charge is 0.163 e. The number of piperazine rings is 1. The summed E-state index contributed by atoms with van der Waals surface area (Å²) in [6.45, 7) is 9.14. The van der Waals surface area contributed by atoms with Crippen molar-refractivity contribution in [1.82, 2.24) is 14.9 Å². The number of benzene rings is 1. The van der Waals surface area contributed by atoms with Crippen LogP contribution in [0.25, 0.3) is 10.9 Å². The molecule has 1 aromatic carbocycles. The topological polar surface area (TPSA) is 97.8 Å². The number of ether oxygens (including phenoxy) is 1. The van der Waals surface area contributed by atoms with E-state index < -0.39 is 12.2 Å². The molecule has 9 nitrogen and oxygen atoms in total. The van der Waals surface area contributed by atoms with Crippen LogP contribution in [0.15, 0.2) is 42.6 Å². The molecule has 0 spiro atoms. The van der Waals surface area contributed by atoms with Gasteiger partial charge < -0.3 is 25.2 Å². The van der Waals surface area contributed by atoms with E-state index in [9.17, 15) is 9.65 Å². The van der Waals surface area contributed by atoms with Crippen LogP contribution in [0.1, 0.15) is 12.5 Å². The minimum Gasteiger partial charge on any atom is -0.370 e. The van der Waals surface area contributed by atoms with Crippen LogP contribution in [-0.4, -0.2) is 106 Å². The highest BCUT2D eigenvalue weighted by molar-refractivity contribution is 6.31. The van der Waals surface area contributed by atoms with Crippen molar-refractivity contribution in [3.8, 4) is 6.07 Å². The molecule has 0 amide bonds. The zero-order valence-corrected chi connectivity index (χ0v) is 23.2. The monoisotopic (exact) mass is 542 g/mol. The highest BCUT2D eigenvalue weighted by Crippen LogP contribution is 2.30. The second kappa shape index (κ2) is 11.2. The number of anilines is 3. The first-order valence-electron chi connectivity index (χ1n) is 14.2. The van der Waals surface area contributed by atoms with Crippen molar-refractivity contribution in [2.24, 2.45) is 5.73 Å². The van der Waals surface area contributed by atoms with Crippen LogP contribution in [0.4, 0.5) is 21.6 Å². The third kappa shape index (κ3) is 5.44. The molecule has 0 bridgehead atoms. The van der Waals surface area contributed by atoms with Gasteiger partial charge in [-0.25, -0.2) is 9.37 Å². The number of halogens is 1. The third-order valence-electron chi connectivity index (χ3n) is 8.31. The number of nitrogens with two attached hydrogens (primary N) is 1. The average molecular weight is 542 g/mol. The molecule has 3 aliphatic rings. The highest BCUT2D eigenvalue weighted by atomic mass is 19.1. The van der Waals surface area contributed by atoms with Crippen molar-refractivity contribution in [2.75, 3.05) is 73.6 Å².